The standard InChI is InChI=1S/C26H41FO6S/c1-2-3-5-9-20(28)17-34-25-22(23(29)15-24(25)30)10-7-4-6-8-18(26(31)32)16-33-21-13-11-19(27)12-14-21/h11-14,18,20,22-25,28-30H,2-10,15-17H2,1H3,(H,31,32)/t18?,20?,22-,23?,24?,25+/m0/s1. The zero-order valence-corrected chi connectivity index (χ0v) is 21.0. The molecule has 194 valence electrons. The van der Waals surface area contributed by atoms with Gasteiger partial charge in [0.15, 0.2) is 0 Å². The number of thioether (sulfide) groups is 1. The second-order valence-electron chi connectivity index (χ2n) is 9.42. The molecule has 1 aromatic rings. The van der Waals surface area contributed by atoms with E-state index in [1.54, 1.807) is 11.8 Å². The molecule has 0 saturated heterocycles. The normalized spacial score (nSPS) is 24.1. The summed E-state index contributed by atoms with van der Waals surface area (Å²) >= 11 is 1.57. The lowest BCUT2D eigenvalue weighted by Gasteiger charge is -2.24. The van der Waals surface area contributed by atoms with Gasteiger partial charge < -0.3 is 25.2 Å². The molecule has 0 bridgehead atoms. The second-order valence-corrected chi connectivity index (χ2v) is 10.6. The number of carboxylic acid groups (broad SMARTS) is 1. The lowest BCUT2D eigenvalue weighted by molar-refractivity contribution is -0.143. The van der Waals surface area contributed by atoms with Crippen LogP contribution in [0.1, 0.15) is 71.1 Å². The van der Waals surface area contributed by atoms with Crippen molar-refractivity contribution in [1.82, 2.24) is 0 Å². The molecule has 0 heterocycles. The predicted octanol–water partition coefficient (Wildman–Crippen LogP) is 4.64. The third kappa shape index (κ3) is 10.1. The minimum atomic E-state index is -0.912. The maximum absolute atomic E-state index is 13.0. The molecule has 1 saturated carbocycles. The second kappa shape index (κ2) is 15.6. The molecule has 2 rings (SSSR count). The summed E-state index contributed by atoms with van der Waals surface area (Å²) in [5.74, 6) is -0.915. The van der Waals surface area contributed by atoms with Gasteiger partial charge in [0.2, 0.25) is 0 Å². The van der Waals surface area contributed by atoms with Crippen LogP contribution >= 0.6 is 11.8 Å². The highest BCUT2D eigenvalue weighted by molar-refractivity contribution is 8.00. The molecule has 34 heavy (non-hydrogen) atoms. The Morgan fingerprint density at radius 2 is 1.79 bits per heavy atom. The van der Waals surface area contributed by atoms with E-state index in [9.17, 15) is 29.6 Å². The maximum atomic E-state index is 13.0. The molecule has 0 radical (unpaired) electrons. The van der Waals surface area contributed by atoms with Gasteiger partial charge in [-0.25, -0.2) is 4.39 Å². The van der Waals surface area contributed by atoms with E-state index in [0.29, 0.717) is 24.3 Å². The molecule has 4 N–H and O–H groups in total. The van der Waals surface area contributed by atoms with Crippen LogP contribution in [-0.4, -0.2) is 62.3 Å². The molecule has 8 heteroatoms. The van der Waals surface area contributed by atoms with E-state index in [0.717, 1.165) is 51.4 Å². The average Bonchev–Trinajstić information content (AvgIpc) is 3.07. The molecule has 1 fully saturated rings. The van der Waals surface area contributed by atoms with E-state index in [-0.39, 0.29) is 29.7 Å². The van der Waals surface area contributed by atoms with Crippen molar-refractivity contribution in [2.45, 2.75) is 94.7 Å². The Labute approximate surface area is 206 Å². The van der Waals surface area contributed by atoms with Gasteiger partial charge in [0.1, 0.15) is 18.2 Å². The van der Waals surface area contributed by atoms with Gasteiger partial charge >= 0.3 is 5.97 Å². The summed E-state index contributed by atoms with van der Waals surface area (Å²) in [7, 11) is 0. The number of ether oxygens (including phenoxy) is 1. The van der Waals surface area contributed by atoms with E-state index in [1.807, 2.05) is 0 Å². The number of benzene rings is 1. The quantitative estimate of drug-likeness (QED) is 0.231. The van der Waals surface area contributed by atoms with Gasteiger partial charge in [-0.2, -0.15) is 11.8 Å². The third-order valence-corrected chi connectivity index (χ3v) is 8.23. The summed E-state index contributed by atoms with van der Waals surface area (Å²) in [6.45, 7) is 2.17. The molecular weight excluding hydrogens is 459 g/mol. The number of unbranched alkanes of at least 4 members (excludes halogenated alkanes) is 4. The Hall–Kier alpha value is -1.35. The molecule has 0 amide bonds. The molecule has 4 unspecified atom stereocenters. The lowest BCUT2D eigenvalue weighted by atomic mass is 9.95. The summed E-state index contributed by atoms with van der Waals surface area (Å²) in [6, 6.07) is 5.51. The summed E-state index contributed by atoms with van der Waals surface area (Å²) < 4.78 is 18.5. The first-order chi connectivity index (χ1) is 16.3. The van der Waals surface area contributed by atoms with E-state index in [2.05, 4.69) is 6.92 Å². The number of hydrogen-bond donors (Lipinski definition) is 4. The molecule has 6 atom stereocenters. The van der Waals surface area contributed by atoms with Crippen molar-refractivity contribution in [1.29, 1.82) is 0 Å². The first kappa shape index (κ1) is 28.9. The van der Waals surface area contributed by atoms with Crippen LogP contribution in [0.4, 0.5) is 4.39 Å². The number of carboxylic acids is 1. The number of rotatable bonds is 17. The van der Waals surface area contributed by atoms with Crippen molar-refractivity contribution in [2.24, 2.45) is 11.8 Å². The SMILES string of the molecule is CCCCCC(O)CS[C@H]1C(O)CC(O)[C@@H]1CCCCCC(COc1ccc(F)cc1)C(=O)O. The molecule has 0 aromatic heterocycles. The smallest absolute Gasteiger partial charge is 0.309 e. The highest BCUT2D eigenvalue weighted by Gasteiger charge is 2.41. The summed E-state index contributed by atoms with van der Waals surface area (Å²) in [5.41, 5.74) is 0. The molecule has 1 aliphatic carbocycles. The monoisotopic (exact) mass is 500 g/mol. The summed E-state index contributed by atoms with van der Waals surface area (Å²) in [5, 5.41) is 40.4. The van der Waals surface area contributed by atoms with Crippen molar-refractivity contribution in [3.63, 3.8) is 0 Å². The summed E-state index contributed by atoms with van der Waals surface area (Å²) in [4.78, 5) is 11.6. The minimum Gasteiger partial charge on any atom is -0.493 e. The Balaban J connectivity index is 1.70. The van der Waals surface area contributed by atoms with E-state index < -0.39 is 24.1 Å². The Morgan fingerprint density at radius 1 is 1.09 bits per heavy atom. The van der Waals surface area contributed by atoms with Gasteiger partial charge in [0, 0.05) is 17.4 Å². The molecule has 1 aliphatic rings. The molecule has 6 nitrogen and oxygen atoms in total. The number of aliphatic carboxylic acids is 1. The highest BCUT2D eigenvalue weighted by Crippen LogP contribution is 2.39. The van der Waals surface area contributed by atoms with Gasteiger partial charge in [-0.3, -0.25) is 4.79 Å². The minimum absolute atomic E-state index is 0.0140. The van der Waals surface area contributed by atoms with Crippen molar-refractivity contribution >= 4 is 17.7 Å². The van der Waals surface area contributed by atoms with Gasteiger partial charge in [-0.1, -0.05) is 45.4 Å². The van der Waals surface area contributed by atoms with E-state index in [4.69, 9.17) is 4.74 Å². The fourth-order valence-corrected chi connectivity index (χ4v) is 6.05. The van der Waals surface area contributed by atoms with Gasteiger partial charge in [-0.05, 0) is 49.4 Å². The van der Waals surface area contributed by atoms with Crippen LogP contribution in [-0.2, 0) is 4.79 Å². The van der Waals surface area contributed by atoms with Crippen LogP contribution in [0.15, 0.2) is 24.3 Å². The highest BCUT2D eigenvalue weighted by atomic mass is 32.2. The van der Waals surface area contributed by atoms with Crippen LogP contribution in [0.2, 0.25) is 0 Å². The van der Waals surface area contributed by atoms with Crippen molar-refractivity contribution in [2.75, 3.05) is 12.4 Å². The van der Waals surface area contributed by atoms with E-state index in [1.165, 1.54) is 24.3 Å². The molecular formula is C26H41FO6S. The maximum Gasteiger partial charge on any atom is 0.309 e. The number of halogens is 1. The number of aliphatic hydroxyl groups excluding tert-OH is 3. The van der Waals surface area contributed by atoms with Crippen molar-refractivity contribution in [3.8, 4) is 5.75 Å². The third-order valence-electron chi connectivity index (χ3n) is 6.60. The van der Waals surface area contributed by atoms with Crippen LogP contribution in [0.5, 0.6) is 5.75 Å². The molecule has 1 aromatic carbocycles. The van der Waals surface area contributed by atoms with Gasteiger partial charge in [0.05, 0.1) is 24.2 Å². The topological polar surface area (TPSA) is 107 Å². The summed E-state index contributed by atoms with van der Waals surface area (Å²) in [6.07, 6.45) is 6.53. The first-order valence-electron chi connectivity index (χ1n) is 12.6. The van der Waals surface area contributed by atoms with Gasteiger partial charge in [-0.15, -0.1) is 0 Å². The number of aliphatic hydroxyl groups is 3. The molecule has 0 aliphatic heterocycles. The Morgan fingerprint density at radius 3 is 2.47 bits per heavy atom. The Bertz CT molecular complexity index is 703. The zero-order valence-electron chi connectivity index (χ0n) is 20.2. The fourth-order valence-electron chi connectivity index (χ4n) is 4.54. The Kier molecular flexibility index (Phi) is 13.3. The lowest BCUT2D eigenvalue weighted by Crippen LogP contribution is -2.27. The van der Waals surface area contributed by atoms with Crippen LogP contribution in [0.25, 0.3) is 0 Å². The largest absolute Gasteiger partial charge is 0.493 e. The zero-order chi connectivity index (χ0) is 24.9. The van der Waals surface area contributed by atoms with Crippen LogP contribution in [0.3, 0.4) is 0 Å². The number of carbonyl (C=O) groups is 1. The van der Waals surface area contributed by atoms with Crippen molar-refractivity contribution < 1.29 is 34.3 Å². The predicted molar refractivity (Wildman–Crippen MR) is 133 cm³/mol. The van der Waals surface area contributed by atoms with Crippen molar-refractivity contribution in [3.05, 3.63) is 30.1 Å². The van der Waals surface area contributed by atoms with Gasteiger partial charge in [0.25, 0.3) is 0 Å². The van der Waals surface area contributed by atoms with E-state index >= 15 is 0 Å². The molecule has 0 spiro atoms. The average molecular weight is 501 g/mol. The number of hydrogen-bond acceptors (Lipinski definition) is 6. The van der Waals surface area contributed by atoms with Crippen LogP contribution < -0.4 is 4.74 Å². The van der Waals surface area contributed by atoms with Crippen LogP contribution in [0, 0.1) is 17.7 Å². The first-order valence-corrected chi connectivity index (χ1v) is 13.6. The fraction of sp³-hybridized carbons (Fsp3) is 0.731.